The molecule has 2 heterocycles. The zero-order valence-electron chi connectivity index (χ0n) is 40.3. The van der Waals surface area contributed by atoms with Gasteiger partial charge in [0.2, 0.25) is 0 Å². The molecule has 0 spiro atoms. The highest BCUT2D eigenvalue weighted by atomic mass is 15.3. The molecule has 12 aromatic carbocycles. The third-order valence-corrected chi connectivity index (χ3v) is 14.7. The lowest BCUT2D eigenvalue weighted by Crippen LogP contribution is -2.00. The Morgan fingerprint density at radius 1 is 0.216 bits per heavy atom. The van der Waals surface area contributed by atoms with Crippen molar-refractivity contribution in [1.29, 1.82) is 0 Å². The van der Waals surface area contributed by atoms with Gasteiger partial charge in [-0.15, -0.1) is 10.2 Å². The highest BCUT2D eigenvalue weighted by molar-refractivity contribution is 6.13. The lowest BCUT2D eigenvalue weighted by molar-refractivity contribution is 1.07. The summed E-state index contributed by atoms with van der Waals surface area (Å²) in [7, 11) is 0. The summed E-state index contributed by atoms with van der Waals surface area (Å²) in [5, 5.41) is 16.9. The monoisotopic (exact) mass is 942 g/mol. The molecule has 14 rings (SSSR count). The largest absolute Gasteiger partial charge is 0.309 e. The Balaban J connectivity index is 0.844. The van der Waals surface area contributed by atoms with E-state index in [1.54, 1.807) is 0 Å². The quantitative estimate of drug-likeness (QED) is 0.145. The van der Waals surface area contributed by atoms with E-state index in [9.17, 15) is 0 Å². The Morgan fingerprint density at radius 2 is 0.581 bits per heavy atom. The molecule has 2 aromatic heterocycles. The molecular weight excluding hydrogens is 897 g/mol. The van der Waals surface area contributed by atoms with Gasteiger partial charge in [0.1, 0.15) is 0 Å². The Labute approximate surface area is 429 Å². The zero-order chi connectivity index (χ0) is 49.0. The first-order chi connectivity index (χ1) is 36.7. The first-order valence-electron chi connectivity index (χ1n) is 25.2. The normalized spacial score (nSPS) is 11.5. The van der Waals surface area contributed by atoms with Gasteiger partial charge >= 0.3 is 0 Å². The van der Waals surface area contributed by atoms with E-state index in [-0.39, 0.29) is 0 Å². The number of nitrogens with zero attached hydrogens (tertiary/aromatic N) is 4. The van der Waals surface area contributed by atoms with Gasteiger partial charge in [0.05, 0.1) is 11.0 Å². The van der Waals surface area contributed by atoms with Gasteiger partial charge in [0.15, 0.2) is 11.6 Å². The second kappa shape index (κ2) is 18.1. The van der Waals surface area contributed by atoms with Crippen LogP contribution in [0.3, 0.4) is 0 Å². The van der Waals surface area contributed by atoms with Gasteiger partial charge in [-0.2, -0.15) is 0 Å². The van der Waals surface area contributed by atoms with Gasteiger partial charge in [0, 0.05) is 33.3 Å². The number of para-hydroxylation sites is 1. The third kappa shape index (κ3) is 7.39. The molecule has 4 heteroatoms. The fourth-order valence-electron chi connectivity index (χ4n) is 11.2. The molecule has 0 fully saturated rings. The standard InChI is InChI=1S/C70H46N4/c1-3-19-51(20-4-1)69-71-72-70(74(69)55-23-5-2-6-24-55)52-35-33-49(34-36-52)59-27-11-13-29-63(59)64-30-14-12-28-60(64)50-37-41-56(42-38-50)73-67-43-39-53(61-31-15-21-47-17-7-9-25-57(47)61)45-65(67)66-46-54(40-44-68(66)73)62-32-16-22-48-18-8-10-26-58(48)62/h1-46H. The van der Waals surface area contributed by atoms with Gasteiger partial charge in [-0.05, 0) is 126 Å². The maximum atomic E-state index is 4.76. The van der Waals surface area contributed by atoms with Crippen LogP contribution >= 0.6 is 0 Å². The van der Waals surface area contributed by atoms with Crippen molar-refractivity contribution in [2.24, 2.45) is 0 Å². The van der Waals surface area contributed by atoms with Crippen LogP contribution in [-0.4, -0.2) is 19.3 Å². The van der Waals surface area contributed by atoms with Gasteiger partial charge in [-0.1, -0.05) is 231 Å². The van der Waals surface area contributed by atoms with Crippen molar-refractivity contribution in [3.8, 4) is 89.8 Å². The van der Waals surface area contributed by atoms with E-state index in [1.165, 1.54) is 82.3 Å². The van der Waals surface area contributed by atoms with Crippen molar-refractivity contribution in [3.63, 3.8) is 0 Å². The highest BCUT2D eigenvalue weighted by Crippen LogP contribution is 2.42. The van der Waals surface area contributed by atoms with Gasteiger partial charge in [-0.3, -0.25) is 4.57 Å². The summed E-state index contributed by atoms with van der Waals surface area (Å²) >= 11 is 0. The predicted octanol–water partition coefficient (Wildman–Crippen LogP) is 18.3. The average molecular weight is 943 g/mol. The lowest BCUT2D eigenvalue weighted by atomic mass is 9.89. The molecule has 0 bridgehead atoms. The molecule has 0 aliphatic carbocycles. The molecule has 74 heavy (non-hydrogen) atoms. The zero-order valence-corrected chi connectivity index (χ0v) is 40.3. The number of benzene rings is 12. The van der Waals surface area contributed by atoms with Crippen molar-refractivity contribution in [2.45, 2.75) is 0 Å². The number of rotatable bonds is 9. The fraction of sp³-hybridized carbons (Fsp3) is 0. The summed E-state index contributed by atoms with van der Waals surface area (Å²) < 4.78 is 4.58. The van der Waals surface area contributed by atoms with Crippen molar-refractivity contribution >= 4 is 43.4 Å². The van der Waals surface area contributed by atoms with Crippen LogP contribution in [0.2, 0.25) is 0 Å². The second-order valence-corrected chi connectivity index (χ2v) is 19.0. The highest BCUT2D eigenvalue weighted by Gasteiger charge is 2.20. The molecule has 0 radical (unpaired) electrons. The molecule has 0 atom stereocenters. The molecule has 0 saturated heterocycles. The minimum Gasteiger partial charge on any atom is -0.309 e. The molecule has 14 aromatic rings. The summed E-state index contributed by atoms with van der Waals surface area (Å²) in [6.07, 6.45) is 0. The Bertz CT molecular complexity index is 4250. The van der Waals surface area contributed by atoms with E-state index < -0.39 is 0 Å². The molecule has 4 nitrogen and oxygen atoms in total. The number of fused-ring (bicyclic) bond motifs is 5. The molecule has 0 aliphatic heterocycles. The minimum atomic E-state index is 0.793. The minimum absolute atomic E-state index is 0.793. The molecule has 0 saturated carbocycles. The average Bonchev–Trinajstić information content (AvgIpc) is 4.07. The van der Waals surface area contributed by atoms with Crippen LogP contribution in [0.1, 0.15) is 0 Å². The lowest BCUT2D eigenvalue weighted by Gasteiger charge is -2.16. The molecule has 346 valence electrons. The first-order valence-corrected chi connectivity index (χ1v) is 25.2. The van der Waals surface area contributed by atoms with E-state index in [4.69, 9.17) is 10.2 Å². The van der Waals surface area contributed by atoms with Crippen LogP contribution in [0.4, 0.5) is 0 Å². The van der Waals surface area contributed by atoms with Gasteiger partial charge in [0.25, 0.3) is 0 Å². The van der Waals surface area contributed by atoms with Crippen molar-refractivity contribution in [2.75, 3.05) is 0 Å². The van der Waals surface area contributed by atoms with E-state index in [1.807, 2.05) is 24.3 Å². The maximum absolute atomic E-state index is 4.76. The Morgan fingerprint density at radius 3 is 1.11 bits per heavy atom. The Kier molecular flexibility index (Phi) is 10.5. The number of aromatic nitrogens is 4. The van der Waals surface area contributed by atoms with Crippen LogP contribution < -0.4 is 0 Å². The van der Waals surface area contributed by atoms with Crippen molar-refractivity contribution < 1.29 is 0 Å². The van der Waals surface area contributed by atoms with Crippen LogP contribution in [0.5, 0.6) is 0 Å². The molecule has 0 unspecified atom stereocenters. The number of hydrogen-bond acceptors (Lipinski definition) is 2. The third-order valence-electron chi connectivity index (χ3n) is 14.7. The van der Waals surface area contributed by atoms with Crippen LogP contribution in [0, 0.1) is 0 Å². The van der Waals surface area contributed by atoms with E-state index in [0.717, 1.165) is 50.8 Å². The maximum Gasteiger partial charge on any atom is 0.168 e. The smallest absolute Gasteiger partial charge is 0.168 e. The van der Waals surface area contributed by atoms with Crippen LogP contribution in [0.25, 0.3) is 133 Å². The fourth-order valence-corrected chi connectivity index (χ4v) is 11.2. The molecule has 0 N–H and O–H groups in total. The van der Waals surface area contributed by atoms with E-state index >= 15 is 0 Å². The predicted molar refractivity (Wildman–Crippen MR) is 309 cm³/mol. The molecular formula is C70H46N4. The summed E-state index contributed by atoms with van der Waals surface area (Å²) in [4.78, 5) is 0. The van der Waals surface area contributed by atoms with E-state index in [2.05, 4.69) is 264 Å². The van der Waals surface area contributed by atoms with Crippen LogP contribution in [0.15, 0.2) is 279 Å². The molecule has 0 amide bonds. The van der Waals surface area contributed by atoms with Crippen molar-refractivity contribution in [3.05, 3.63) is 279 Å². The summed E-state index contributed by atoms with van der Waals surface area (Å²) in [5.74, 6) is 1.60. The van der Waals surface area contributed by atoms with E-state index in [0.29, 0.717) is 0 Å². The second-order valence-electron chi connectivity index (χ2n) is 19.0. The molecule has 0 aliphatic rings. The summed E-state index contributed by atoms with van der Waals surface area (Å²) in [6.45, 7) is 0. The van der Waals surface area contributed by atoms with Crippen LogP contribution in [-0.2, 0) is 0 Å². The SMILES string of the molecule is c1ccc(-c2nnc(-c3ccc(-c4ccccc4-c4ccccc4-c4ccc(-n5c6ccc(-c7cccc8ccccc78)cc6c6cc(-c7cccc8ccccc78)ccc65)cc4)cc3)n2-c2ccccc2)cc1. The topological polar surface area (TPSA) is 35.6 Å². The van der Waals surface area contributed by atoms with Gasteiger partial charge in [-0.25, -0.2) is 0 Å². The Hall–Kier alpha value is -9.90. The first kappa shape index (κ1) is 42.9. The summed E-state index contributed by atoms with van der Waals surface area (Å²) in [6, 6.07) is 101. The number of hydrogen-bond donors (Lipinski definition) is 0. The summed E-state index contributed by atoms with van der Waals surface area (Å²) in [5.41, 5.74) is 18.3. The van der Waals surface area contributed by atoms with Crippen molar-refractivity contribution in [1.82, 2.24) is 19.3 Å². The van der Waals surface area contributed by atoms with Gasteiger partial charge < -0.3 is 4.57 Å².